The lowest BCUT2D eigenvalue weighted by molar-refractivity contribution is 0.726. The van der Waals surface area contributed by atoms with E-state index in [9.17, 15) is 0 Å². The van der Waals surface area contributed by atoms with Gasteiger partial charge in [0.05, 0.1) is 5.01 Å². The van der Waals surface area contributed by atoms with Crippen LogP contribution in [0.5, 0.6) is 0 Å². The Kier molecular flexibility index (Phi) is 5.49. The predicted octanol–water partition coefficient (Wildman–Crippen LogP) is 2.55. The summed E-state index contributed by atoms with van der Waals surface area (Å²) in [5.41, 5.74) is 1.13. The average Bonchev–Trinajstić information content (AvgIpc) is 2.58. The van der Waals surface area contributed by atoms with Gasteiger partial charge < -0.3 is 5.32 Å². The summed E-state index contributed by atoms with van der Waals surface area (Å²) in [6.45, 7) is 6.29. The summed E-state index contributed by atoms with van der Waals surface area (Å²) in [6, 6.07) is 0. The van der Waals surface area contributed by atoms with Crippen LogP contribution in [0.2, 0.25) is 0 Å². The van der Waals surface area contributed by atoms with Crippen LogP contribution in [0.15, 0.2) is 17.5 Å². The Hall–Kier alpha value is -0.670. The minimum atomic E-state index is 0.977. The van der Waals surface area contributed by atoms with Gasteiger partial charge in [-0.3, -0.25) is 0 Å². The van der Waals surface area contributed by atoms with Gasteiger partial charge in [0.15, 0.2) is 0 Å². The van der Waals surface area contributed by atoms with Crippen LogP contribution in [-0.2, 0) is 6.42 Å². The van der Waals surface area contributed by atoms with Crippen molar-refractivity contribution in [2.75, 3.05) is 13.1 Å². The molecule has 0 radical (unpaired) electrons. The molecule has 0 unspecified atom stereocenters. The maximum absolute atomic E-state index is 4.40. The number of nitrogens with zero attached hydrogens (tertiary/aromatic N) is 1. The number of aryl methyl sites for hydroxylation is 1. The van der Waals surface area contributed by atoms with Crippen molar-refractivity contribution in [3.63, 3.8) is 0 Å². The van der Waals surface area contributed by atoms with Gasteiger partial charge >= 0.3 is 0 Å². The molecule has 0 amide bonds. The van der Waals surface area contributed by atoms with Crippen LogP contribution in [0.25, 0.3) is 0 Å². The van der Waals surface area contributed by atoms with E-state index in [-0.39, 0.29) is 0 Å². The highest BCUT2D eigenvalue weighted by Gasteiger charge is 1.93. The second-order valence-electron chi connectivity index (χ2n) is 3.20. The molecule has 3 heteroatoms. The molecular formula is C11H18N2S. The van der Waals surface area contributed by atoms with Crippen LogP contribution in [0.1, 0.15) is 24.0 Å². The van der Waals surface area contributed by atoms with Crippen molar-refractivity contribution in [1.29, 1.82) is 0 Å². The molecule has 0 atom stereocenters. The van der Waals surface area contributed by atoms with Crippen molar-refractivity contribution < 1.29 is 0 Å². The van der Waals surface area contributed by atoms with Crippen LogP contribution in [0, 0.1) is 6.92 Å². The molecular weight excluding hydrogens is 192 g/mol. The molecule has 0 aliphatic heterocycles. The fraction of sp³-hybridized carbons (Fsp3) is 0.545. The van der Waals surface area contributed by atoms with Gasteiger partial charge in [0.25, 0.3) is 0 Å². The first-order valence-corrected chi connectivity index (χ1v) is 5.97. The van der Waals surface area contributed by atoms with Crippen LogP contribution in [0.3, 0.4) is 0 Å². The largest absolute Gasteiger partial charge is 0.317 e. The number of rotatable bonds is 6. The molecule has 2 nitrogen and oxygen atoms in total. The first-order chi connectivity index (χ1) is 6.83. The summed E-state index contributed by atoms with van der Waals surface area (Å²) in [6.07, 6.45) is 6.51. The Balaban J connectivity index is 2.14. The van der Waals surface area contributed by atoms with Crippen molar-refractivity contribution in [3.8, 4) is 0 Å². The van der Waals surface area contributed by atoms with Gasteiger partial charge in [-0.25, -0.2) is 4.98 Å². The number of nitrogens with one attached hydrogen (secondary N) is 1. The van der Waals surface area contributed by atoms with E-state index in [0.29, 0.717) is 0 Å². The predicted molar refractivity (Wildman–Crippen MR) is 62.9 cm³/mol. The van der Waals surface area contributed by atoms with E-state index in [1.165, 1.54) is 5.01 Å². The standard InChI is InChI=1S/C11H18N2S/c1-3-12-8-6-4-5-7-11-13-10(2)9-14-11/h4-5,9,12H,3,6-8H2,1-2H3. The highest BCUT2D eigenvalue weighted by Crippen LogP contribution is 2.09. The topological polar surface area (TPSA) is 24.9 Å². The highest BCUT2D eigenvalue weighted by molar-refractivity contribution is 7.09. The second-order valence-corrected chi connectivity index (χ2v) is 4.14. The third-order valence-electron chi connectivity index (χ3n) is 1.86. The van der Waals surface area contributed by atoms with Crippen molar-refractivity contribution in [1.82, 2.24) is 10.3 Å². The zero-order valence-corrected chi connectivity index (χ0v) is 9.73. The number of aromatic nitrogens is 1. The van der Waals surface area contributed by atoms with Gasteiger partial charge in [-0.1, -0.05) is 19.1 Å². The SMILES string of the molecule is CCNCCC=CCc1nc(C)cs1. The summed E-state index contributed by atoms with van der Waals surface area (Å²) >= 11 is 1.74. The van der Waals surface area contributed by atoms with Gasteiger partial charge in [0.2, 0.25) is 0 Å². The average molecular weight is 210 g/mol. The number of hydrogen-bond donors (Lipinski definition) is 1. The smallest absolute Gasteiger partial charge is 0.0965 e. The van der Waals surface area contributed by atoms with Crippen LogP contribution in [0.4, 0.5) is 0 Å². The van der Waals surface area contributed by atoms with Crippen molar-refractivity contribution in [3.05, 3.63) is 28.2 Å². The molecule has 1 N–H and O–H groups in total. The van der Waals surface area contributed by atoms with Crippen molar-refractivity contribution in [2.24, 2.45) is 0 Å². The molecule has 78 valence electrons. The number of allylic oxidation sites excluding steroid dienone is 1. The lowest BCUT2D eigenvalue weighted by Gasteiger charge is -1.94. The molecule has 1 aromatic heterocycles. The monoisotopic (exact) mass is 210 g/mol. The van der Waals surface area contributed by atoms with E-state index in [1.807, 2.05) is 6.92 Å². The normalized spacial score (nSPS) is 11.3. The maximum atomic E-state index is 4.40. The summed E-state index contributed by atoms with van der Waals surface area (Å²) in [5, 5.41) is 6.60. The lowest BCUT2D eigenvalue weighted by atomic mass is 10.3. The van der Waals surface area contributed by atoms with Crippen LogP contribution >= 0.6 is 11.3 Å². The van der Waals surface area contributed by atoms with E-state index in [1.54, 1.807) is 11.3 Å². The molecule has 0 bridgehead atoms. The van der Waals surface area contributed by atoms with E-state index in [4.69, 9.17) is 0 Å². The minimum Gasteiger partial charge on any atom is -0.317 e. The molecule has 14 heavy (non-hydrogen) atoms. The summed E-state index contributed by atoms with van der Waals surface area (Å²) < 4.78 is 0. The fourth-order valence-corrected chi connectivity index (χ4v) is 1.91. The van der Waals surface area contributed by atoms with E-state index >= 15 is 0 Å². The molecule has 0 aromatic carbocycles. The zero-order valence-electron chi connectivity index (χ0n) is 8.92. The van der Waals surface area contributed by atoms with Crippen molar-refractivity contribution in [2.45, 2.75) is 26.7 Å². The lowest BCUT2D eigenvalue weighted by Crippen LogP contribution is -2.12. The molecule has 0 fully saturated rings. The van der Waals surface area contributed by atoms with E-state index in [2.05, 4.69) is 34.8 Å². The quantitative estimate of drug-likeness (QED) is 0.576. The van der Waals surface area contributed by atoms with Gasteiger partial charge in [0.1, 0.15) is 0 Å². The molecule has 0 spiro atoms. The van der Waals surface area contributed by atoms with Crippen LogP contribution in [-0.4, -0.2) is 18.1 Å². The molecule has 0 aliphatic carbocycles. The summed E-state index contributed by atoms with van der Waals surface area (Å²) in [7, 11) is 0. The van der Waals surface area contributed by atoms with E-state index in [0.717, 1.165) is 31.6 Å². The summed E-state index contributed by atoms with van der Waals surface area (Å²) in [5.74, 6) is 0. The molecule has 0 aliphatic rings. The van der Waals surface area contributed by atoms with E-state index < -0.39 is 0 Å². The molecule has 0 saturated carbocycles. The third-order valence-corrected chi connectivity index (χ3v) is 2.85. The number of hydrogen-bond acceptors (Lipinski definition) is 3. The first-order valence-electron chi connectivity index (χ1n) is 5.09. The Morgan fingerprint density at radius 2 is 2.36 bits per heavy atom. The Morgan fingerprint density at radius 1 is 1.50 bits per heavy atom. The molecule has 1 heterocycles. The summed E-state index contributed by atoms with van der Waals surface area (Å²) in [4.78, 5) is 4.40. The molecule has 1 aromatic rings. The van der Waals surface area contributed by atoms with Gasteiger partial charge in [0, 0.05) is 17.5 Å². The zero-order chi connectivity index (χ0) is 10.2. The van der Waals surface area contributed by atoms with Gasteiger partial charge in [-0.15, -0.1) is 11.3 Å². The number of thiazole rings is 1. The Morgan fingerprint density at radius 3 is 3.00 bits per heavy atom. The highest BCUT2D eigenvalue weighted by atomic mass is 32.1. The van der Waals surface area contributed by atoms with Crippen LogP contribution < -0.4 is 5.32 Å². The second kappa shape index (κ2) is 6.74. The maximum Gasteiger partial charge on any atom is 0.0965 e. The Labute approximate surface area is 90.1 Å². The Bertz CT molecular complexity index is 279. The van der Waals surface area contributed by atoms with Gasteiger partial charge in [-0.05, 0) is 26.4 Å². The third kappa shape index (κ3) is 4.53. The fourth-order valence-electron chi connectivity index (χ4n) is 1.16. The van der Waals surface area contributed by atoms with Gasteiger partial charge in [-0.2, -0.15) is 0 Å². The first kappa shape index (κ1) is 11.4. The van der Waals surface area contributed by atoms with Crippen molar-refractivity contribution >= 4 is 11.3 Å². The minimum absolute atomic E-state index is 0.977. The molecule has 1 rings (SSSR count). The molecule has 0 saturated heterocycles.